The van der Waals surface area contributed by atoms with E-state index in [9.17, 15) is 0 Å². The molecular formula is C11H13N. The average molecular weight is 159 g/mol. The Kier molecular flexibility index (Phi) is 1.53. The number of hydrogen-bond donors (Lipinski definition) is 1. The Hall–Kier alpha value is -1.11. The van der Waals surface area contributed by atoms with Crippen LogP contribution in [0.4, 0.5) is 0 Å². The molecule has 1 aliphatic rings. The monoisotopic (exact) mass is 159 g/mol. The molecule has 1 saturated carbocycles. The van der Waals surface area contributed by atoms with Gasteiger partial charge in [0.1, 0.15) is 0 Å². The van der Waals surface area contributed by atoms with Crippen LogP contribution in [0.2, 0.25) is 0 Å². The highest BCUT2D eigenvalue weighted by Gasteiger charge is 2.41. The smallest absolute Gasteiger partial charge is 0.0445 e. The molecule has 1 heteroatoms. The molecule has 0 spiro atoms. The van der Waals surface area contributed by atoms with E-state index in [1.54, 1.807) is 0 Å². The van der Waals surface area contributed by atoms with Crippen molar-refractivity contribution in [2.75, 3.05) is 0 Å². The van der Waals surface area contributed by atoms with E-state index in [-0.39, 0.29) is 5.41 Å². The summed E-state index contributed by atoms with van der Waals surface area (Å²) >= 11 is 0. The van der Waals surface area contributed by atoms with Crippen LogP contribution in [0.5, 0.6) is 0 Å². The van der Waals surface area contributed by atoms with Crippen LogP contribution >= 0.6 is 0 Å². The van der Waals surface area contributed by atoms with Crippen LogP contribution < -0.4 is 0 Å². The first kappa shape index (κ1) is 7.53. The van der Waals surface area contributed by atoms with Gasteiger partial charge in [0.05, 0.1) is 0 Å². The lowest BCUT2D eigenvalue weighted by Crippen LogP contribution is -2.11. The molecule has 0 bridgehead atoms. The first-order valence-electron chi connectivity index (χ1n) is 4.37. The quantitative estimate of drug-likeness (QED) is 0.641. The predicted octanol–water partition coefficient (Wildman–Crippen LogP) is 2.85. The van der Waals surface area contributed by atoms with E-state index in [1.165, 1.54) is 12.8 Å². The molecule has 1 aromatic rings. The third kappa shape index (κ3) is 1.15. The predicted molar refractivity (Wildman–Crippen MR) is 50.6 cm³/mol. The third-order valence-electron chi connectivity index (χ3n) is 2.67. The molecular weight excluding hydrogens is 146 g/mol. The molecule has 0 saturated heterocycles. The third-order valence-corrected chi connectivity index (χ3v) is 2.67. The molecule has 0 aliphatic heterocycles. The zero-order chi connectivity index (χ0) is 8.60. The van der Waals surface area contributed by atoms with Gasteiger partial charge in [0.2, 0.25) is 0 Å². The van der Waals surface area contributed by atoms with Gasteiger partial charge in [0.25, 0.3) is 0 Å². The second kappa shape index (κ2) is 2.44. The second-order valence-corrected chi connectivity index (χ2v) is 3.80. The summed E-state index contributed by atoms with van der Waals surface area (Å²) in [5, 5.41) is 7.94. The normalized spacial score (nSPS) is 18.8. The summed E-state index contributed by atoms with van der Waals surface area (Å²) in [6.07, 6.45) is 2.36. The Morgan fingerprint density at radius 1 is 1.25 bits per heavy atom. The summed E-state index contributed by atoms with van der Waals surface area (Å²) in [5.74, 6) is 0. The van der Waals surface area contributed by atoms with Crippen LogP contribution in [-0.2, 0) is 0 Å². The van der Waals surface area contributed by atoms with Crippen molar-refractivity contribution in [3.05, 3.63) is 35.9 Å². The van der Waals surface area contributed by atoms with Crippen molar-refractivity contribution in [3.63, 3.8) is 0 Å². The Bertz CT molecular complexity index is 296. The Labute approximate surface area is 72.9 Å². The maximum atomic E-state index is 7.94. The number of benzene rings is 1. The fourth-order valence-electron chi connectivity index (χ4n) is 1.39. The van der Waals surface area contributed by atoms with Crippen molar-refractivity contribution >= 4 is 5.71 Å². The van der Waals surface area contributed by atoms with Gasteiger partial charge in [-0.25, -0.2) is 0 Å². The molecule has 0 aromatic heterocycles. The van der Waals surface area contributed by atoms with E-state index in [4.69, 9.17) is 5.41 Å². The lowest BCUT2D eigenvalue weighted by molar-refractivity contribution is 0.798. The highest BCUT2D eigenvalue weighted by Crippen LogP contribution is 2.47. The molecule has 1 N–H and O–H groups in total. The maximum absolute atomic E-state index is 7.94. The molecule has 0 radical (unpaired) electrons. The van der Waals surface area contributed by atoms with Gasteiger partial charge in [-0.05, 0) is 18.4 Å². The highest BCUT2D eigenvalue weighted by molar-refractivity contribution is 6.03. The van der Waals surface area contributed by atoms with E-state index in [0.29, 0.717) is 0 Å². The van der Waals surface area contributed by atoms with Gasteiger partial charge in [-0.15, -0.1) is 0 Å². The summed E-state index contributed by atoms with van der Waals surface area (Å²) in [6.45, 7) is 2.17. The SMILES string of the molecule is CC1(C(=N)c2ccccc2)CC1. The fourth-order valence-corrected chi connectivity index (χ4v) is 1.39. The molecule has 1 fully saturated rings. The lowest BCUT2D eigenvalue weighted by atomic mass is 9.96. The molecule has 1 aromatic carbocycles. The molecule has 0 heterocycles. The Morgan fingerprint density at radius 3 is 2.33 bits per heavy atom. The molecule has 2 rings (SSSR count). The average Bonchev–Trinajstić information content (AvgIpc) is 2.85. The van der Waals surface area contributed by atoms with Crippen molar-refractivity contribution in [2.24, 2.45) is 5.41 Å². The number of hydrogen-bond acceptors (Lipinski definition) is 1. The highest BCUT2D eigenvalue weighted by atomic mass is 14.6. The summed E-state index contributed by atoms with van der Waals surface area (Å²) in [6, 6.07) is 10.0. The molecule has 0 atom stereocenters. The van der Waals surface area contributed by atoms with Crippen molar-refractivity contribution in [2.45, 2.75) is 19.8 Å². The minimum absolute atomic E-state index is 0.196. The zero-order valence-corrected chi connectivity index (χ0v) is 7.30. The van der Waals surface area contributed by atoms with Gasteiger partial charge < -0.3 is 5.41 Å². The van der Waals surface area contributed by atoms with Crippen LogP contribution in [0.25, 0.3) is 0 Å². The van der Waals surface area contributed by atoms with Crippen molar-refractivity contribution in [1.29, 1.82) is 5.41 Å². The molecule has 0 amide bonds. The maximum Gasteiger partial charge on any atom is 0.0445 e. The Morgan fingerprint density at radius 2 is 1.83 bits per heavy atom. The molecule has 12 heavy (non-hydrogen) atoms. The summed E-state index contributed by atoms with van der Waals surface area (Å²) < 4.78 is 0. The van der Waals surface area contributed by atoms with E-state index < -0.39 is 0 Å². The largest absolute Gasteiger partial charge is 0.304 e. The van der Waals surface area contributed by atoms with Gasteiger partial charge in [-0.2, -0.15) is 0 Å². The molecule has 0 unspecified atom stereocenters. The van der Waals surface area contributed by atoms with E-state index in [0.717, 1.165) is 11.3 Å². The number of nitrogens with one attached hydrogen (secondary N) is 1. The fraction of sp³-hybridized carbons (Fsp3) is 0.364. The first-order chi connectivity index (χ1) is 5.72. The minimum Gasteiger partial charge on any atom is -0.304 e. The van der Waals surface area contributed by atoms with Crippen LogP contribution in [0.1, 0.15) is 25.3 Å². The van der Waals surface area contributed by atoms with E-state index in [2.05, 4.69) is 6.92 Å². The minimum atomic E-state index is 0.196. The van der Waals surface area contributed by atoms with Crippen LogP contribution in [0.15, 0.2) is 30.3 Å². The molecule has 1 nitrogen and oxygen atoms in total. The van der Waals surface area contributed by atoms with Gasteiger partial charge in [-0.3, -0.25) is 0 Å². The summed E-state index contributed by atoms with van der Waals surface area (Å²) in [7, 11) is 0. The van der Waals surface area contributed by atoms with Gasteiger partial charge in [0.15, 0.2) is 0 Å². The molecule has 1 aliphatic carbocycles. The second-order valence-electron chi connectivity index (χ2n) is 3.80. The van der Waals surface area contributed by atoms with Gasteiger partial charge in [0, 0.05) is 11.1 Å². The van der Waals surface area contributed by atoms with Gasteiger partial charge in [-0.1, -0.05) is 37.3 Å². The van der Waals surface area contributed by atoms with Crippen LogP contribution in [-0.4, -0.2) is 5.71 Å². The Balaban J connectivity index is 2.26. The van der Waals surface area contributed by atoms with Crippen LogP contribution in [0, 0.1) is 10.8 Å². The standard InChI is InChI=1S/C11H13N/c1-11(7-8-11)10(12)9-5-3-2-4-6-9/h2-6,12H,7-8H2,1H3. The number of rotatable bonds is 2. The van der Waals surface area contributed by atoms with Crippen molar-refractivity contribution in [3.8, 4) is 0 Å². The summed E-state index contributed by atoms with van der Waals surface area (Å²) in [4.78, 5) is 0. The van der Waals surface area contributed by atoms with Gasteiger partial charge >= 0.3 is 0 Å². The van der Waals surface area contributed by atoms with Crippen LogP contribution in [0.3, 0.4) is 0 Å². The van der Waals surface area contributed by atoms with E-state index >= 15 is 0 Å². The summed E-state index contributed by atoms with van der Waals surface area (Å²) in [5.41, 5.74) is 2.09. The lowest BCUT2D eigenvalue weighted by Gasteiger charge is -2.09. The van der Waals surface area contributed by atoms with E-state index in [1.807, 2.05) is 30.3 Å². The molecule has 62 valence electrons. The zero-order valence-electron chi connectivity index (χ0n) is 7.30. The van der Waals surface area contributed by atoms with Crippen molar-refractivity contribution in [1.82, 2.24) is 0 Å². The topological polar surface area (TPSA) is 23.9 Å². The van der Waals surface area contributed by atoms with Crippen molar-refractivity contribution < 1.29 is 0 Å². The first-order valence-corrected chi connectivity index (χ1v) is 4.37.